The zero-order chi connectivity index (χ0) is 11.6. The van der Waals surface area contributed by atoms with Gasteiger partial charge in [-0.05, 0) is 28.2 Å². The van der Waals surface area contributed by atoms with Gasteiger partial charge >= 0.3 is 0 Å². The molecule has 0 nitrogen and oxygen atoms in total. The van der Waals surface area contributed by atoms with Crippen LogP contribution >= 0.6 is 0 Å². The standard InChI is InChI=1S/C16H17/c1-16(2,3)15-12-8-7-11-14(15)13-9-5-4-6-10-13/h4-7,9-12H,1-3H3. The summed E-state index contributed by atoms with van der Waals surface area (Å²) in [5.74, 6) is 0. The summed E-state index contributed by atoms with van der Waals surface area (Å²) in [6.45, 7) is 6.72. The summed E-state index contributed by atoms with van der Waals surface area (Å²) >= 11 is 0. The number of hydrogen-bond acceptors (Lipinski definition) is 0. The predicted molar refractivity (Wildman–Crippen MR) is 69.4 cm³/mol. The van der Waals surface area contributed by atoms with E-state index in [9.17, 15) is 0 Å². The van der Waals surface area contributed by atoms with E-state index < -0.39 is 0 Å². The third-order valence-electron chi connectivity index (χ3n) is 2.76. The molecule has 2 aromatic carbocycles. The van der Waals surface area contributed by atoms with E-state index >= 15 is 0 Å². The Morgan fingerprint density at radius 3 is 2.25 bits per heavy atom. The van der Waals surface area contributed by atoms with Crippen molar-refractivity contribution in [3.8, 4) is 11.1 Å². The summed E-state index contributed by atoms with van der Waals surface area (Å²) in [5.41, 5.74) is 4.10. The first-order valence-corrected chi connectivity index (χ1v) is 5.65. The fraction of sp³-hybridized carbons (Fsp3) is 0.250. The maximum atomic E-state index is 3.18. The van der Waals surface area contributed by atoms with E-state index in [4.69, 9.17) is 0 Å². The minimum absolute atomic E-state index is 0.156. The van der Waals surface area contributed by atoms with Crippen molar-refractivity contribution in [3.63, 3.8) is 0 Å². The first kappa shape index (κ1) is 10.9. The Labute approximate surface area is 97.9 Å². The third-order valence-corrected chi connectivity index (χ3v) is 2.76. The van der Waals surface area contributed by atoms with Crippen LogP contribution in [0.4, 0.5) is 0 Å². The number of benzene rings is 2. The van der Waals surface area contributed by atoms with Crippen LogP contribution in [0, 0.1) is 6.07 Å². The molecule has 0 bridgehead atoms. The van der Waals surface area contributed by atoms with E-state index in [1.807, 2.05) is 6.07 Å². The molecule has 16 heavy (non-hydrogen) atoms. The molecule has 0 N–H and O–H groups in total. The van der Waals surface area contributed by atoms with Gasteiger partial charge in [0.25, 0.3) is 0 Å². The van der Waals surface area contributed by atoms with Crippen LogP contribution in [-0.4, -0.2) is 0 Å². The van der Waals surface area contributed by atoms with Gasteiger partial charge in [-0.3, -0.25) is 0 Å². The van der Waals surface area contributed by atoms with Crippen LogP contribution in [0.2, 0.25) is 0 Å². The van der Waals surface area contributed by atoms with Crippen LogP contribution in [0.1, 0.15) is 26.3 Å². The van der Waals surface area contributed by atoms with E-state index in [-0.39, 0.29) is 5.41 Å². The zero-order valence-electron chi connectivity index (χ0n) is 10.1. The molecule has 0 heterocycles. The SMILES string of the molecule is CC(C)(C)c1c[c]ccc1-c1ccccc1. The highest BCUT2D eigenvalue weighted by atomic mass is 14.2. The molecule has 81 valence electrons. The molecule has 0 saturated carbocycles. The van der Waals surface area contributed by atoms with Crippen molar-refractivity contribution < 1.29 is 0 Å². The van der Waals surface area contributed by atoms with Gasteiger partial charge in [-0.1, -0.05) is 69.3 Å². The van der Waals surface area contributed by atoms with Gasteiger partial charge in [0.05, 0.1) is 0 Å². The summed E-state index contributed by atoms with van der Waals surface area (Å²) in [7, 11) is 0. The van der Waals surface area contributed by atoms with Crippen molar-refractivity contribution in [1.82, 2.24) is 0 Å². The average molecular weight is 209 g/mol. The number of hydrogen-bond donors (Lipinski definition) is 0. The first-order valence-electron chi connectivity index (χ1n) is 5.65. The van der Waals surface area contributed by atoms with Crippen molar-refractivity contribution in [2.45, 2.75) is 26.2 Å². The minimum atomic E-state index is 0.156. The first-order chi connectivity index (χ1) is 7.59. The second-order valence-electron chi connectivity index (χ2n) is 5.09. The molecule has 0 aromatic heterocycles. The molecule has 0 aliphatic heterocycles. The van der Waals surface area contributed by atoms with E-state index in [0.717, 1.165) is 0 Å². The Balaban J connectivity index is 2.58. The van der Waals surface area contributed by atoms with Crippen LogP contribution in [0.3, 0.4) is 0 Å². The third kappa shape index (κ3) is 2.16. The zero-order valence-corrected chi connectivity index (χ0v) is 10.1. The Hall–Kier alpha value is -1.56. The van der Waals surface area contributed by atoms with Crippen molar-refractivity contribution in [3.05, 3.63) is 60.2 Å². The molecule has 0 aliphatic carbocycles. The molecule has 0 amide bonds. The molecule has 0 unspecified atom stereocenters. The lowest BCUT2D eigenvalue weighted by atomic mass is 9.82. The second-order valence-corrected chi connectivity index (χ2v) is 5.09. The number of rotatable bonds is 1. The van der Waals surface area contributed by atoms with Crippen molar-refractivity contribution in [2.75, 3.05) is 0 Å². The maximum Gasteiger partial charge on any atom is -0.0125 e. The molecule has 2 aromatic rings. The topological polar surface area (TPSA) is 0 Å². The van der Waals surface area contributed by atoms with Gasteiger partial charge in [0.2, 0.25) is 0 Å². The normalized spacial score (nSPS) is 11.4. The lowest BCUT2D eigenvalue weighted by Crippen LogP contribution is -2.12. The molecular formula is C16H17. The molecule has 0 fully saturated rings. The summed E-state index contributed by atoms with van der Waals surface area (Å²) < 4.78 is 0. The monoisotopic (exact) mass is 209 g/mol. The van der Waals surface area contributed by atoms with Crippen LogP contribution in [-0.2, 0) is 5.41 Å². The fourth-order valence-electron chi connectivity index (χ4n) is 1.92. The second kappa shape index (κ2) is 4.13. The van der Waals surface area contributed by atoms with Crippen LogP contribution < -0.4 is 0 Å². The van der Waals surface area contributed by atoms with Gasteiger partial charge < -0.3 is 0 Å². The van der Waals surface area contributed by atoms with Gasteiger partial charge in [0.15, 0.2) is 0 Å². The summed E-state index contributed by atoms with van der Waals surface area (Å²) in [6, 6.07) is 19.9. The fourth-order valence-corrected chi connectivity index (χ4v) is 1.92. The average Bonchev–Trinajstić information content (AvgIpc) is 2.29. The molecule has 0 aliphatic rings. The van der Waals surface area contributed by atoms with Gasteiger partial charge in [-0.2, -0.15) is 0 Å². The van der Waals surface area contributed by atoms with Gasteiger partial charge in [0.1, 0.15) is 0 Å². The Morgan fingerprint density at radius 2 is 1.62 bits per heavy atom. The molecule has 1 radical (unpaired) electrons. The molecular weight excluding hydrogens is 192 g/mol. The smallest absolute Gasteiger partial charge is 0.0125 e. The summed E-state index contributed by atoms with van der Waals surface area (Å²) in [5, 5.41) is 0. The Morgan fingerprint density at radius 1 is 0.938 bits per heavy atom. The molecule has 0 spiro atoms. The predicted octanol–water partition coefficient (Wildman–Crippen LogP) is 4.45. The highest BCUT2D eigenvalue weighted by Gasteiger charge is 2.17. The molecule has 0 atom stereocenters. The van der Waals surface area contributed by atoms with Crippen LogP contribution in [0.15, 0.2) is 48.5 Å². The lowest BCUT2D eigenvalue weighted by molar-refractivity contribution is 0.592. The molecule has 2 rings (SSSR count). The van der Waals surface area contributed by atoms with E-state index in [1.54, 1.807) is 0 Å². The summed E-state index contributed by atoms with van der Waals surface area (Å²) in [4.78, 5) is 0. The minimum Gasteiger partial charge on any atom is -0.0622 e. The van der Waals surface area contributed by atoms with Gasteiger partial charge in [0, 0.05) is 0 Å². The van der Waals surface area contributed by atoms with E-state index in [2.05, 4.69) is 69.3 Å². The Bertz CT molecular complexity index is 461. The highest BCUT2D eigenvalue weighted by molar-refractivity contribution is 5.68. The quantitative estimate of drug-likeness (QED) is 0.651. The summed E-state index contributed by atoms with van der Waals surface area (Å²) in [6.07, 6.45) is 0. The van der Waals surface area contributed by atoms with Crippen molar-refractivity contribution in [1.29, 1.82) is 0 Å². The van der Waals surface area contributed by atoms with E-state index in [0.29, 0.717) is 0 Å². The molecule has 0 heteroatoms. The van der Waals surface area contributed by atoms with Gasteiger partial charge in [-0.15, -0.1) is 0 Å². The highest BCUT2D eigenvalue weighted by Crippen LogP contribution is 2.32. The lowest BCUT2D eigenvalue weighted by Gasteiger charge is -2.22. The van der Waals surface area contributed by atoms with Crippen LogP contribution in [0.25, 0.3) is 11.1 Å². The molecule has 0 saturated heterocycles. The van der Waals surface area contributed by atoms with Crippen LogP contribution in [0.5, 0.6) is 0 Å². The van der Waals surface area contributed by atoms with Gasteiger partial charge in [-0.25, -0.2) is 0 Å². The Kier molecular flexibility index (Phi) is 2.82. The maximum absolute atomic E-state index is 3.18. The van der Waals surface area contributed by atoms with E-state index in [1.165, 1.54) is 16.7 Å². The van der Waals surface area contributed by atoms with Crippen molar-refractivity contribution >= 4 is 0 Å². The largest absolute Gasteiger partial charge is 0.0622 e. The van der Waals surface area contributed by atoms with Crippen molar-refractivity contribution in [2.24, 2.45) is 0 Å².